The Bertz CT molecular complexity index is 814. The van der Waals surface area contributed by atoms with Gasteiger partial charge in [0.05, 0.1) is 18.2 Å². The van der Waals surface area contributed by atoms with Gasteiger partial charge in [-0.1, -0.05) is 38.7 Å². The van der Waals surface area contributed by atoms with E-state index in [0.717, 1.165) is 35.7 Å². The highest BCUT2D eigenvalue weighted by Crippen LogP contribution is 2.24. The minimum atomic E-state index is 0.178. The summed E-state index contributed by atoms with van der Waals surface area (Å²) < 4.78 is 6.02. The zero-order valence-corrected chi connectivity index (χ0v) is 15.4. The molecule has 0 aliphatic heterocycles. The number of nitrogens with zero attached hydrogens (tertiary/aromatic N) is 3. The van der Waals surface area contributed by atoms with Crippen molar-refractivity contribution < 1.29 is 4.74 Å². The first-order valence-corrected chi connectivity index (χ1v) is 8.76. The molecule has 0 spiro atoms. The molecule has 0 N–H and O–H groups in total. The standard InChI is InChI=1S/C21H25N3O/c1-16(15-21(2,3)4)25-18-13-11-17(12-14-18)24-22-19-9-7-5-6-8-10-20(19)23-24/h7,9,11-14,16H,5,10,15H2,1-4H3. The third-order valence-corrected chi connectivity index (χ3v) is 3.89. The summed E-state index contributed by atoms with van der Waals surface area (Å²) in [5.74, 6) is 7.08. The van der Waals surface area contributed by atoms with Crippen LogP contribution in [0.5, 0.6) is 5.75 Å². The van der Waals surface area contributed by atoms with Gasteiger partial charge in [0.25, 0.3) is 0 Å². The van der Waals surface area contributed by atoms with E-state index in [9.17, 15) is 0 Å². The van der Waals surface area contributed by atoms with Gasteiger partial charge in [-0.3, -0.25) is 0 Å². The highest BCUT2D eigenvalue weighted by molar-refractivity contribution is 5.50. The van der Waals surface area contributed by atoms with Crippen molar-refractivity contribution in [2.24, 2.45) is 5.41 Å². The summed E-state index contributed by atoms with van der Waals surface area (Å²) in [7, 11) is 0. The van der Waals surface area contributed by atoms with Gasteiger partial charge in [-0.2, -0.15) is 9.90 Å². The van der Waals surface area contributed by atoms with Crippen LogP contribution in [0, 0.1) is 17.3 Å². The van der Waals surface area contributed by atoms with Crippen molar-refractivity contribution in [3.63, 3.8) is 0 Å². The number of allylic oxidation sites excluding steroid dienone is 1. The van der Waals surface area contributed by atoms with Gasteiger partial charge < -0.3 is 4.74 Å². The van der Waals surface area contributed by atoms with Gasteiger partial charge in [-0.05, 0) is 49.1 Å². The average molecular weight is 335 g/mol. The zero-order chi connectivity index (χ0) is 17.9. The Morgan fingerprint density at radius 1 is 1.16 bits per heavy atom. The van der Waals surface area contributed by atoms with E-state index in [-0.39, 0.29) is 11.5 Å². The summed E-state index contributed by atoms with van der Waals surface area (Å²) in [5.41, 5.74) is 2.99. The molecule has 0 saturated heterocycles. The van der Waals surface area contributed by atoms with E-state index >= 15 is 0 Å². The van der Waals surface area contributed by atoms with E-state index < -0.39 is 0 Å². The van der Waals surface area contributed by atoms with Crippen molar-refractivity contribution >= 4 is 6.08 Å². The molecule has 4 heteroatoms. The SMILES string of the molecule is CC(CC(C)(C)C)Oc1ccc(-n2nc3c(n2)CC#CCC=C3)cc1. The van der Waals surface area contributed by atoms with Crippen LogP contribution >= 0.6 is 0 Å². The van der Waals surface area contributed by atoms with Crippen molar-refractivity contribution in [2.75, 3.05) is 0 Å². The normalized spacial score (nSPS) is 14.7. The lowest BCUT2D eigenvalue weighted by molar-refractivity contribution is 0.160. The lowest BCUT2D eigenvalue weighted by atomic mass is 9.90. The number of rotatable bonds is 4. The molecule has 0 bridgehead atoms. The molecule has 1 aliphatic rings. The summed E-state index contributed by atoms with van der Waals surface area (Å²) in [6.45, 7) is 8.79. The molecule has 0 saturated carbocycles. The fourth-order valence-electron chi connectivity index (χ4n) is 2.96. The van der Waals surface area contributed by atoms with Crippen LogP contribution in [0.15, 0.2) is 30.3 Å². The van der Waals surface area contributed by atoms with Gasteiger partial charge in [0.2, 0.25) is 0 Å². The first-order valence-electron chi connectivity index (χ1n) is 8.76. The minimum Gasteiger partial charge on any atom is -0.491 e. The topological polar surface area (TPSA) is 39.9 Å². The first-order chi connectivity index (χ1) is 11.9. The maximum absolute atomic E-state index is 6.02. The van der Waals surface area contributed by atoms with Crippen molar-refractivity contribution in [1.29, 1.82) is 0 Å². The molecule has 0 fully saturated rings. The van der Waals surface area contributed by atoms with Crippen molar-refractivity contribution in [1.82, 2.24) is 15.0 Å². The van der Waals surface area contributed by atoms with E-state index in [4.69, 9.17) is 4.74 Å². The zero-order valence-electron chi connectivity index (χ0n) is 15.4. The summed E-state index contributed by atoms with van der Waals surface area (Å²) >= 11 is 0. The number of fused-ring (bicyclic) bond motifs is 1. The molecular weight excluding hydrogens is 310 g/mol. The molecule has 0 radical (unpaired) electrons. The van der Waals surface area contributed by atoms with E-state index in [1.807, 2.05) is 36.4 Å². The quantitative estimate of drug-likeness (QED) is 0.776. The van der Waals surface area contributed by atoms with Crippen LogP contribution in [0.25, 0.3) is 11.8 Å². The summed E-state index contributed by atoms with van der Waals surface area (Å²) in [6.07, 6.45) is 6.62. The summed E-state index contributed by atoms with van der Waals surface area (Å²) in [6, 6.07) is 7.93. The second-order valence-electron chi connectivity index (χ2n) is 7.65. The molecule has 1 heterocycles. The number of benzene rings is 1. The van der Waals surface area contributed by atoms with Gasteiger partial charge in [0.1, 0.15) is 17.1 Å². The minimum absolute atomic E-state index is 0.178. The second-order valence-corrected chi connectivity index (χ2v) is 7.65. The highest BCUT2D eigenvalue weighted by atomic mass is 16.5. The predicted octanol–water partition coefficient (Wildman–Crippen LogP) is 4.43. The van der Waals surface area contributed by atoms with Crippen LogP contribution in [0.1, 0.15) is 51.9 Å². The Kier molecular flexibility index (Phi) is 4.94. The third-order valence-electron chi connectivity index (χ3n) is 3.89. The molecule has 1 aliphatic carbocycles. The molecular formula is C21H25N3O. The predicted molar refractivity (Wildman–Crippen MR) is 101 cm³/mol. The van der Waals surface area contributed by atoms with Crippen LogP contribution in [-0.2, 0) is 6.42 Å². The molecule has 1 aromatic carbocycles. The van der Waals surface area contributed by atoms with Crippen LogP contribution in [0.4, 0.5) is 0 Å². The van der Waals surface area contributed by atoms with Gasteiger partial charge >= 0.3 is 0 Å². The van der Waals surface area contributed by atoms with Gasteiger partial charge in [-0.25, -0.2) is 0 Å². The number of hydrogen-bond acceptors (Lipinski definition) is 3. The van der Waals surface area contributed by atoms with E-state index in [1.165, 1.54) is 0 Å². The van der Waals surface area contributed by atoms with Crippen LogP contribution in [-0.4, -0.2) is 21.1 Å². The molecule has 2 aromatic rings. The summed E-state index contributed by atoms with van der Waals surface area (Å²) in [4.78, 5) is 1.67. The Balaban J connectivity index is 1.73. The summed E-state index contributed by atoms with van der Waals surface area (Å²) in [5, 5.41) is 9.14. The Morgan fingerprint density at radius 2 is 1.92 bits per heavy atom. The lowest BCUT2D eigenvalue weighted by Crippen LogP contribution is -2.20. The number of hydrogen-bond donors (Lipinski definition) is 0. The Morgan fingerprint density at radius 3 is 2.64 bits per heavy atom. The van der Waals surface area contributed by atoms with E-state index in [1.54, 1.807) is 4.80 Å². The second kappa shape index (κ2) is 7.14. The molecule has 130 valence electrons. The Labute approximate surface area is 149 Å². The molecule has 1 atom stereocenters. The highest BCUT2D eigenvalue weighted by Gasteiger charge is 2.16. The monoisotopic (exact) mass is 335 g/mol. The van der Waals surface area contributed by atoms with Crippen molar-refractivity contribution in [3.05, 3.63) is 41.7 Å². The maximum Gasteiger partial charge on any atom is 0.119 e. The molecule has 4 nitrogen and oxygen atoms in total. The largest absolute Gasteiger partial charge is 0.491 e. The van der Waals surface area contributed by atoms with Crippen LogP contribution < -0.4 is 4.74 Å². The molecule has 3 rings (SSSR count). The average Bonchev–Trinajstić information content (AvgIpc) is 2.88. The maximum atomic E-state index is 6.02. The number of aromatic nitrogens is 3. The molecule has 25 heavy (non-hydrogen) atoms. The Hall–Kier alpha value is -2.54. The number of ether oxygens (including phenoxy) is 1. The lowest BCUT2D eigenvalue weighted by Gasteiger charge is -2.24. The third kappa shape index (κ3) is 4.73. The first kappa shape index (κ1) is 17.3. The molecule has 1 aromatic heterocycles. The van der Waals surface area contributed by atoms with Gasteiger partial charge in [0, 0.05) is 6.42 Å². The van der Waals surface area contributed by atoms with Crippen molar-refractivity contribution in [2.45, 2.75) is 53.1 Å². The molecule has 0 amide bonds. The van der Waals surface area contributed by atoms with Crippen LogP contribution in [0.3, 0.4) is 0 Å². The van der Waals surface area contributed by atoms with Crippen molar-refractivity contribution in [3.8, 4) is 23.3 Å². The van der Waals surface area contributed by atoms with E-state index in [0.29, 0.717) is 6.42 Å². The molecule has 1 unspecified atom stereocenters. The fraction of sp³-hybridized carbons (Fsp3) is 0.429. The smallest absolute Gasteiger partial charge is 0.119 e. The van der Waals surface area contributed by atoms with E-state index in [2.05, 4.69) is 49.7 Å². The van der Waals surface area contributed by atoms with Crippen LogP contribution in [0.2, 0.25) is 0 Å². The van der Waals surface area contributed by atoms with Gasteiger partial charge in [-0.15, -0.1) is 5.10 Å². The van der Waals surface area contributed by atoms with Gasteiger partial charge in [0.15, 0.2) is 0 Å². The fourth-order valence-corrected chi connectivity index (χ4v) is 2.96.